The molecule has 0 saturated heterocycles. The van der Waals surface area contributed by atoms with E-state index in [2.05, 4.69) is 16.4 Å². The van der Waals surface area contributed by atoms with Gasteiger partial charge in [-0.3, -0.25) is 9.59 Å². The molecular formula is C21H20ClN3O2. The fourth-order valence-electron chi connectivity index (χ4n) is 3.61. The van der Waals surface area contributed by atoms with Gasteiger partial charge >= 0.3 is 0 Å². The number of fused-ring (bicyclic) bond motifs is 3. The molecule has 2 heterocycles. The van der Waals surface area contributed by atoms with Crippen LogP contribution in [-0.4, -0.2) is 34.3 Å². The maximum Gasteiger partial charge on any atom is 0.253 e. The number of carbonyl (C=O) groups excluding carboxylic acids is 2. The first-order chi connectivity index (χ1) is 13.0. The summed E-state index contributed by atoms with van der Waals surface area (Å²) in [5.41, 5.74) is 3.82. The molecule has 0 aliphatic carbocycles. The second-order valence-corrected chi connectivity index (χ2v) is 7.22. The number of halogens is 1. The average Bonchev–Trinajstić information content (AvgIpc) is 3.05. The van der Waals surface area contributed by atoms with Crippen LogP contribution < -0.4 is 5.32 Å². The van der Waals surface area contributed by atoms with Crippen LogP contribution in [0.15, 0.2) is 48.5 Å². The second kappa shape index (κ2) is 7.08. The fraction of sp³-hybridized carbons (Fsp3) is 0.238. The van der Waals surface area contributed by atoms with Gasteiger partial charge in [0.05, 0.1) is 10.6 Å². The van der Waals surface area contributed by atoms with Crippen molar-refractivity contribution in [3.05, 3.63) is 70.4 Å². The van der Waals surface area contributed by atoms with Gasteiger partial charge in [0.2, 0.25) is 5.91 Å². The van der Waals surface area contributed by atoms with Crippen LogP contribution in [0.5, 0.6) is 0 Å². The van der Waals surface area contributed by atoms with E-state index in [1.54, 1.807) is 36.1 Å². The SMILES string of the molecule is C[C@H](NC(=O)c1ccccc1Cl)C(=O)N1CCc2[nH]c3ccccc3c2C1. The first kappa shape index (κ1) is 17.6. The van der Waals surface area contributed by atoms with Crippen LogP contribution in [0.3, 0.4) is 0 Å². The number of para-hydroxylation sites is 1. The molecule has 1 aliphatic rings. The summed E-state index contributed by atoms with van der Waals surface area (Å²) in [5, 5.41) is 4.29. The highest BCUT2D eigenvalue weighted by molar-refractivity contribution is 6.33. The molecule has 0 radical (unpaired) electrons. The van der Waals surface area contributed by atoms with Gasteiger partial charge in [0.25, 0.3) is 5.91 Å². The Balaban J connectivity index is 1.48. The molecule has 1 atom stereocenters. The molecule has 27 heavy (non-hydrogen) atoms. The molecule has 2 amide bonds. The summed E-state index contributed by atoms with van der Waals surface area (Å²) < 4.78 is 0. The number of carbonyl (C=O) groups is 2. The van der Waals surface area contributed by atoms with E-state index in [1.807, 2.05) is 18.2 Å². The van der Waals surface area contributed by atoms with E-state index in [0.29, 0.717) is 23.7 Å². The predicted octanol–water partition coefficient (Wildman–Crippen LogP) is 3.52. The minimum Gasteiger partial charge on any atom is -0.358 e. The van der Waals surface area contributed by atoms with Crippen LogP contribution >= 0.6 is 11.6 Å². The number of nitrogens with zero attached hydrogens (tertiary/aromatic N) is 1. The first-order valence-electron chi connectivity index (χ1n) is 8.97. The molecule has 0 saturated carbocycles. The van der Waals surface area contributed by atoms with E-state index in [9.17, 15) is 9.59 Å². The number of nitrogens with one attached hydrogen (secondary N) is 2. The smallest absolute Gasteiger partial charge is 0.253 e. The number of hydrogen-bond donors (Lipinski definition) is 2. The third-order valence-corrected chi connectivity index (χ3v) is 5.36. The number of amides is 2. The normalized spacial score (nSPS) is 14.7. The molecular weight excluding hydrogens is 362 g/mol. The zero-order chi connectivity index (χ0) is 19.0. The third-order valence-electron chi connectivity index (χ3n) is 5.03. The van der Waals surface area contributed by atoms with Crippen molar-refractivity contribution in [1.82, 2.24) is 15.2 Å². The van der Waals surface area contributed by atoms with E-state index in [4.69, 9.17) is 11.6 Å². The molecule has 0 spiro atoms. The molecule has 1 aliphatic heterocycles. The summed E-state index contributed by atoms with van der Waals surface area (Å²) >= 11 is 6.07. The Hall–Kier alpha value is -2.79. The van der Waals surface area contributed by atoms with Crippen molar-refractivity contribution in [2.45, 2.75) is 25.9 Å². The maximum atomic E-state index is 12.9. The van der Waals surface area contributed by atoms with E-state index in [1.165, 1.54) is 5.69 Å². The molecule has 2 N–H and O–H groups in total. The van der Waals surface area contributed by atoms with Crippen LogP contribution in [0, 0.1) is 0 Å². The average molecular weight is 382 g/mol. The monoisotopic (exact) mass is 381 g/mol. The molecule has 1 aromatic heterocycles. The highest BCUT2D eigenvalue weighted by Crippen LogP contribution is 2.27. The fourth-order valence-corrected chi connectivity index (χ4v) is 3.83. The molecule has 5 nitrogen and oxygen atoms in total. The lowest BCUT2D eigenvalue weighted by Gasteiger charge is -2.30. The van der Waals surface area contributed by atoms with E-state index < -0.39 is 6.04 Å². The third kappa shape index (κ3) is 3.30. The van der Waals surface area contributed by atoms with E-state index in [-0.39, 0.29) is 11.8 Å². The Morgan fingerprint density at radius 3 is 2.70 bits per heavy atom. The summed E-state index contributed by atoms with van der Waals surface area (Å²) in [7, 11) is 0. The molecule has 2 aromatic carbocycles. The summed E-state index contributed by atoms with van der Waals surface area (Å²) in [4.78, 5) is 30.6. The van der Waals surface area contributed by atoms with Crippen molar-refractivity contribution in [1.29, 1.82) is 0 Å². The molecule has 138 valence electrons. The van der Waals surface area contributed by atoms with Gasteiger partial charge in [-0.15, -0.1) is 0 Å². The Morgan fingerprint density at radius 2 is 1.89 bits per heavy atom. The number of aromatic nitrogens is 1. The Labute approximate surface area is 162 Å². The zero-order valence-electron chi connectivity index (χ0n) is 15.0. The number of hydrogen-bond acceptors (Lipinski definition) is 2. The predicted molar refractivity (Wildman–Crippen MR) is 106 cm³/mol. The topological polar surface area (TPSA) is 65.2 Å². The Bertz CT molecular complexity index is 1030. The minimum absolute atomic E-state index is 0.0914. The van der Waals surface area contributed by atoms with Gasteiger partial charge in [-0.05, 0) is 25.1 Å². The Morgan fingerprint density at radius 1 is 1.15 bits per heavy atom. The lowest BCUT2D eigenvalue weighted by atomic mass is 10.0. The largest absolute Gasteiger partial charge is 0.358 e. The second-order valence-electron chi connectivity index (χ2n) is 6.81. The van der Waals surface area contributed by atoms with E-state index in [0.717, 1.165) is 22.9 Å². The number of H-pyrrole nitrogens is 1. The zero-order valence-corrected chi connectivity index (χ0v) is 15.7. The Kier molecular flexibility index (Phi) is 4.62. The lowest BCUT2D eigenvalue weighted by Crippen LogP contribution is -2.48. The number of aromatic amines is 1. The lowest BCUT2D eigenvalue weighted by molar-refractivity contribution is -0.133. The highest BCUT2D eigenvalue weighted by atomic mass is 35.5. The minimum atomic E-state index is -0.625. The van der Waals surface area contributed by atoms with Gasteiger partial charge in [-0.1, -0.05) is 41.9 Å². The summed E-state index contributed by atoms with van der Waals surface area (Å²) in [6, 6.07) is 14.3. The van der Waals surface area contributed by atoms with Crippen LogP contribution in [0.25, 0.3) is 10.9 Å². The van der Waals surface area contributed by atoms with Crippen LogP contribution in [-0.2, 0) is 17.8 Å². The van der Waals surface area contributed by atoms with Crippen LogP contribution in [0.2, 0.25) is 5.02 Å². The van der Waals surface area contributed by atoms with Crippen molar-refractivity contribution in [2.75, 3.05) is 6.54 Å². The highest BCUT2D eigenvalue weighted by Gasteiger charge is 2.28. The van der Waals surface area contributed by atoms with Crippen LogP contribution in [0.1, 0.15) is 28.5 Å². The molecule has 6 heteroatoms. The van der Waals surface area contributed by atoms with Crippen molar-refractivity contribution >= 4 is 34.3 Å². The van der Waals surface area contributed by atoms with E-state index >= 15 is 0 Å². The molecule has 0 bridgehead atoms. The number of benzene rings is 2. The maximum absolute atomic E-state index is 12.9. The summed E-state index contributed by atoms with van der Waals surface area (Å²) in [6.07, 6.45) is 0.779. The molecule has 0 unspecified atom stereocenters. The molecule has 3 aromatic rings. The van der Waals surface area contributed by atoms with Crippen LogP contribution in [0.4, 0.5) is 0 Å². The van der Waals surface area contributed by atoms with Gasteiger partial charge in [0, 0.05) is 41.7 Å². The van der Waals surface area contributed by atoms with Gasteiger partial charge in [0.15, 0.2) is 0 Å². The number of rotatable bonds is 3. The van der Waals surface area contributed by atoms with Gasteiger partial charge in [-0.2, -0.15) is 0 Å². The summed E-state index contributed by atoms with van der Waals surface area (Å²) in [5.74, 6) is -0.433. The van der Waals surface area contributed by atoms with Gasteiger partial charge < -0.3 is 15.2 Å². The van der Waals surface area contributed by atoms with Crippen molar-refractivity contribution < 1.29 is 9.59 Å². The molecule has 4 rings (SSSR count). The summed E-state index contributed by atoms with van der Waals surface area (Å²) in [6.45, 7) is 2.89. The van der Waals surface area contributed by atoms with Gasteiger partial charge in [0.1, 0.15) is 6.04 Å². The van der Waals surface area contributed by atoms with Crippen molar-refractivity contribution in [3.8, 4) is 0 Å². The standard InChI is InChI=1S/C21H20ClN3O2/c1-13(23-20(26)15-7-2-4-8-17(15)22)21(27)25-11-10-19-16(12-25)14-6-3-5-9-18(14)24-19/h2-9,13,24H,10-12H2,1H3,(H,23,26)/t13-/m0/s1. The quantitative estimate of drug-likeness (QED) is 0.729. The first-order valence-corrected chi connectivity index (χ1v) is 9.35. The van der Waals surface area contributed by atoms with Gasteiger partial charge in [-0.25, -0.2) is 0 Å². The van der Waals surface area contributed by atoms with Crippen molar-refractivity contribution in [2.24, 2.45) is 0 Å². The molecule has 0 fully saturated rings. The van der Waals surface area contributed by atoms with Crippen molar-refractivity contribution in [3.63, 3.8) is 0 Å².